The summed E-state index contributed by atoms with van der Waals surface area (Å²) in [5.74, 6) is 0.442. The Labute approximate surface area is 149 Å². The molecule has 0 aliphatic rings. The van der Waals surface area contributed by atoms with Gasteiger partial charge in [0.25, 0.3) is 0 Å². The van der Waals surface area contributed by atoms with E-state index in [1.165, 1.54) is 0 Å². The maximum atomic E-state index is 10.4. The molecule has 142 valence electrons. The number of ether oxygens (including phenoxy) is 4. The molecule has 0 saturated heterocycles. The van der Waals surface area contributed by atoms with Gasteiger partial charge in [-0.05, 0) is 32.9 Å². The molecule has 0 aliphatic carbocycles. The van der Waals surface area contributed by atoms with Gasteiger partial charge in [0.05, 0.1) is 33.0 Å². The van der Waals surface area contributed by atoms with Crippen molar-refractivity contribution in [2.45, 2.75) is 26.4 Å². The normalized spacial score (nSPS) is 12.4. The molecule has 0 unspecified atom stereocenters. The number of aliphatic imine (C=N–C) groups is 1. The summed E-state index contributed by atoms with van der Waals surface area (Å²) < 4.78 is 21.1. The summed E-state index contributed by atoms with van der Waals surface area (Å²) in [6.45, 7) is 8.24. The van der Waals surface area contributed by atoms with E-state index in [4.69, 9.17) is 24.7 Å². The van der Waals surface area contributed by atoms with Crippen molar-refractivity contribution in [2.75, 3.05) is 46.8 Å². The van der Waals surface area contributed by atoms with E-state index in [2.05, 4.69) is 4.99 Å². The Morgan fingerprint density at radius 1 is 1.08 bits per heavy atom. The van der Waals surface area contributed by atoms with Crippen LogP contribution in [-0.4, -0.2) is 63.2 Å². The number of phenolic OH excluding ortho intramolecular Hbond substituents is 1. The minimum absolute atomic E-state index is 0.0518. The maximum absolute atomic E-state index is 10.4. The second-order valence-electron chi connectivity index (χ2n) is 6.07. The van der Waals surface area contributed by atoms with Gasteiger partial charge in [-0.15, -0.1) is 0 Å². The molecular weight excluding hydrogens is 324 g/mol. The van der Waals surface area contributed by atoms with Gasteiger partial charge < -0.3 is 29.8 Å². The molecule has 0 spiro atoms. The van der Waals surface area contributed by atoms with Crippen LogP contribution in [-0.2, 0) is 14.2 Å². The number of aromatic hydroxyl groups is 1. The van der Waals surface area contributed by atoms with Crippen LogP contribution in [0.15, 0.2) is 23.2 Å². The molecule has 0 aliphatic heterocycles. The third-order valence-corrected chi connectivity index (χ3v) is 3.13. The van der Waals surface area contributed by atoms with Crippen LogP contribution in [0, 0.1) is 0 Å². The standard InChI is InChI=1S/C18H30N2O5/c1-14(20-18(2,3)19)15-6-5-7-16(17(15)21)25-13-12-24-11-10-23-9-8-22-4/h5-7,21H,8-13,19H2,1-4H3/b20-14+. The lowest BCUT2D eigenvalue weighted by Crippen LogP contribution is -2.30. The number of phenols is 1. The van der Waals surface area contributed by atoms with Crippen LogP contribution in [0.1, 0.15) is 26.3 Å². The molecule has 0 amide bonds. The van der Waals surface area contributed by atoms with Crippen molar-refractivity contribution < 1.29 is 24.1 Å². The Bertz CT molecular complexity index is 541. The number of hydrogen-bond acceptors (Lipinski definition) is 7. The number of rotatable bonds is 12. The topological polar surface area (TPSA) is 95.5 Å². The van der Waals surface area contributed by atoms with Gasteiger partial charge in [0.15, 0.2) is 11.5 Å². The van der Waals surface area contributed by atoms with E-state index >= 15 is 0 Å². The van der Waals surface area contributed by atoms with Crippen molar-refractivity contribution >= 4 is 5.71 Å². The van der Waals surface area contributed by atoms with Crippen LogP contribution in [0.2, 0.25) is 0 Å². The predicted octanol–water partition coefficient (Wildman–Crippen LogP) is 1.95. The summed E-state index contributed by atoms with van der Waals surface area (Å²) in [5, 5.41) is 10.4. The lowest BCUT2D eigenvalue weighted by Gasteiger charge is -2.16. The summed E-state index contributed by atoms with van der Waals surface area (Å²) in [6.07, 6.45) is 0. The molecule has 1 rings (SSSR count). The first-order chi connectivity index (χ1) is 11.8. The fourth-order valence-corrected chi connectivity index (χ4v) is 2.10. The number of benzene rings is 1. The lowest BCUT2D eigenvalue weighted by atomic mass is 10.1. The third kappa shape index (κ3) is 8.83. The van der Waals surface area contributed by atoms with Crippen molar-refractivity contribution in [3.05, 3.63) is 23.8 Å². The molecule has 0 aromatic heterocycles. The highest BCUT2D eigenvalue weighted by Crippen LogP contribution is 2.30. The van der Waals surface area contributed by atoms with Crippen LogP contribution < -0.4 is 10.5 Å². The molecule has 0 fully saturated rings. The minimum Gasteiger partial charge on any atom is -0.504 e. The van der Waals surface area contributed by atoms with Crippen molar-refractivity contribution in [3.63, 3.8) is 0 Å². The van der Waals surface area contributed by atoms with E-state index in [-0.39, 0.29) is 5.75 Å². The number of para-hydroxylation sites is 1. The molecule has 0 saturated carbocycles. The second-order valence-corrected chi connectivity index (χ2v) is 6.07. The van der Waals surface area contributed by atoms with Gasteiger partial charge in [0.1, 0.15) is 12.3 Å². The first-order valence-corrected chi connectivity index (χ1v) is 8.30. The second kappa shape index (κ2) is 11.0. The smallest absolute Gasteiger partial charge is 0.166 e. The largest absolute Gasteiger partial charge is 0.504 e. The Morgan fingerprint density at radius 2 is 1.68 bits per heavy atom. The number of nitrogens with two attached hydrogens (primary N) is 1. The molecule has 25 heavy (non-hydrogen) atoms. The van der Waals surface area contributed by atoms with E-state index in [0.29, 0.717) is 56.7 Å². The Hall–Kier alpha value is -1.67. The van der Waals surface area contributed by atoms with Crippen LogP contribution in [0.5, 0.6) is 11.5 Å². The van der Waals surface area contributed by atoms with Gasteiger partial charge >= 0.3 is 0 Å². The van der Waals surface area contributed by atoms with E-state index < -0.39 is 5.66 Å². The Morgan fingerprint density at radius 3 is 2.28 bits per heavy atom. The Balaban J connectivity index is 2.42. The van der Waals surface area contributed by atoms with Gasteiger partial charge in [-0.2, -0.15) is 0 Å². The van der Waals surface area contributed by atoms with Crippen molar-refractivity contribution in [1.29, 1.82) is 0 Å². The molecule has 7 heteroatoms. The zero-order valence-corrected chi connectivity index (χ0v) is 15.6. The average molecular weight is 354 g/mol. The summed E-state index contributed by atoms with van der Waals surface area (Å²) in [5.41, 5.74) is 6.44. The molecule has 1 aromatic rings. The van der Waals surface area contributed by atoms with Crippen LogP contribution in [0.3, 0.4) is 0 Å². The molecular formula is C18H30N2O5. The zero-order valence-electron chi connectivity index (χ0n) is 15.6. The van der Waals surface area contributed by atoms with E-state index in [1.54, 1.807) is 46.1 Å². The summed E-state index contributed by atoms with van der Waals surface area (Å²) in [7, 11) is 1.63. The number of nitrogens with zero attached hydrogens (tertiary/aromatic N) is 1. The van der Waals surface area contributed by atoms with Crippen LogP contribution in [0.4, 0.5) is 0 Å². The maximum Gasteiger partial charge on any atom is 0.166 e. The third-order valence-electron chi connectivity index (χ3n) is 3.13. The molecule has 0 radical (unpaired) electrons. The monoisotopic (exact) mass is 354 g/mol. The fourth-order valence-electron chi connectivity index (χ4n) is 2.10. The highest BCUT2D eigenvalue weighted by Gasteiger charge is 2.14. The van der Waals surface area contributed by atoms with Gasteiger partial charge in [-0.3, -0.25) is 4.99 Å². The molecule has 1 aromatic carbocycles. The average Bonchev–Trinajstić information content (AvgIpc) is 2.53. The van der Waals surface area contributed by atoms with Crippen LogP contribution >= 0.6 is 0 Å². The van der Waals surface area contributed by atoms with E-state index in [1.807, 2.05) is 0 Å². The number of methoxy groups -OCH3 is 1. The predicted molar refractivity (Wildman–Crippen MR) is 97.6 cm³/mol. The Kier molecular flexibility index (Phi) is 9.44. The van der Waals surface area contributed by atoms with Crippen molar-refractivity contribution in [3.8, 4) is 11.5 Å². The van der Waals surface area contributed by atoms with E-state index in [0.717, 1.165) is 0 Å². The van der Waals surface area contributed by atoms with Gasteiger partial charge in [-0.1, -0.05) is 6.07 Å². The highest BCUT2D eigenvalue weighted by molar-refractivity contribution is 6.01. The lowest BCUT2D eigenvalue weighted by molar-refractivity contribution is 0.0178. The van der Waals surface area contributed by atoms with Crippen molar-refractivity contribution in [2.24, 2.45) is 10.7 Å². The summed E-state index contributed by atoms with van der Waals surface area (Å²) in [4.78, 5) is 4.36. The molecule has 3 N–H and O–H groups in total. The minimum atomic E-state index is -0.702. The van der Waals surface area contributed by atoms with Crippen molar-refractivity contribution in [1.82, 2.24) is 0 Å². The van der Waals surface area contributed by atoms with Gasteiger partial charge in [-0.25, -0.2) is 0 Å². The van der Waals surface area contributed by atoms with Crippen LogP contribution in [0.25, 0.3) is 0 Å². The quantitative estimate of drug-likeness (QED) is 0.440. The SMILES string of the molecule is COCCOCCOCCOc1cccc(/C(C)=N/C(C)(C)N)c1O. The van der Waals surface area contributed by atoms with E-state index in [9.17, 15) is 5.11 Å². The number of hydrogen-bond donors (Lipinski definition) is 2. The highest BCUT2D eigenvalue weighted by atomic mass is 16.6. The molecule has 0 heterocycles. The molecule has 7 nitrogen and oxygen atoms in total. The fraction of sp³-hybridized carbons (Fsp3) is 0.611. The zero-order chi connectivity index (χ0) is 18.7. The first-order valence-electron chi connectivity index (χ1n) is 8.30. The summed E-state index contributed by atoms with van der Waals surface area (Å²) >= 11 is 0. The summed E-state index contributed by atoms with van der Waals surface area (Å²) in [6, 6.07) is 5.28. The first kappa shape index (κ1) is 21.4. The van der Waals surface area contributed by atoms with Gasteiger partial charge in [0, 0.05) is 18.4 Å². The molecule has 0 atom stereocenters. The van der Waals surface area contributed by atoms with Gasteiger partial charge in [0.2, 0.25) is 0 Å². The molecule has 0 bridgehead atoms.